The van der Waals surface area contributed by atoms with Gasteiger partial charge in [0.2, 0.25) is 0 Å². The zero-order valence-corrected chi connectivity index (χ0v) is 19.0. The van der Waals surface area contributed by atoms with Crippen molar-refractivity contribution in [3.8, 4) is 17.2 Å². The molecule has 0 bridgehead atoms. The van der Waals surface area contributed by atoms with Crippen molar-refractivity contribution in [2.45, 2.75) is 17.5 Å². The van der Waals surface area contributed by atoms with E-state index in [2.05, 4.69) is 25.6 Å². The fourth-order valence-electron chi connectivity index (χ4n) is 3.04. The molecule has 10 heteroatoms. The smallest absolute Gasteiger partial charge is 0.274 e. The fraction of sp³-hybridized carbons (Fsp3) is 0.174. The van der Waals surface area contributed by atoms with Gasteiger partial charge in [-0.1, -0.05) is 29.1 Å². The minimum absolute atomic E-state index is 0.253. The van der Waals surface area contributed by atoms with E-state index in [1.165, 1.54) is 11.8 Å². The summed E-state index contributed by atoms with van der Waals surface area (Å²) in [6.07, 6.45) is 3.35. The molecule has 2 aromatic heterocycles. The predicted molar refractivity (Wildman–Crippen MR) is 124 cm³/mol. The van der Waals surface area contributed by atoms with Crippen molar-refractivity contribution in [2.75, 3.05) is 14.2 Å². The molecule has 0 aliphatic heterocycles. The first-order valence-corrected chi connectivity index (χ1v) is 11.1. The molecule has 0 spiro atoms. The van der Waals surface area contributed by atoms with E-state index in [0.717, 1.165) is 22.7 Å². The highest BCUT2D eigenvalue weighted by atomic mass is 32.2. The summed E-state index contributed by atoms with van der Waals surface area (Å²) in [5.41, 5.74) is 2.61. The number of rotatable bonds is 9. The fourth-order valence-corrected chi connectivity index (χ4v) is 3.84. The largest absolute Gasteiger partial charge is 0.497 e. The highest BCUT2D eigenvalue weighted by Gasteiger charge is 2.21. The second-order valence-electron chi connectivity index (χ2n) is 6.85. The van der Waals surface area contributed by atoms with Gasteiger partial charge in [-0.25, -0.2) is 14.6 Å². The van der Waals surface area contributed by atoms with Gasteiger partial charge in [-0.15, -0.1) is 5.10 Å². The van der Waals surface area contributed by atoms with Crippen LogP contribution in [0.2, 0.25) is 0 Å². The Hall–Kier alpha value is -3.92. The summed E-state index contributed by atoms with van der Waals surface area (Å²) >= 11 is 1.40. The molecule has 4 aromatic rings. The first-order chi connectivity index (χ1) is 16.2. The van der Waals surface area contributed by atoms with Gasteiger partial charge in [0.1, 0.15) is 11.5 Å². The Balaban J connectivity index is 1.57. The average molecular weight is 463 g/mol. The standard InChI is InChI=1S/C23H22N6O3S/c1-31-18-8-4-16(5-9-18)14-26-22(30)21-20(15-33-23-24-12-3-13-25-23)29(28-27-21)17-6-10-19(32-2)11-7-17/h3-13H,14-15H2,1-2H3,(H,26,30). The van der Waals surface area contributed by atoms with Gasteiger partial charge in [0.15, 0.2) is 10.9 Å². The number of carbonyl (C=O) groups excluding carboxylic acids is 1. The first kappa shape index (κ1) is 22.3. The van der Waals surface area contributed by atoms with E-state index in [1.54, 1.807) is 37.4 Å². The lowest BCUT2D eigenvalue weighted by Gasteiger charge is -2.09. The molecule has 0 aliphatic carbocycles. The number of methoxy groups -OCH3 is 2. The molecule has 2 aromatic carbocycles. The van der Waals surface area contributed by atoms with Crippen LogP contribution in [0.1, 0.15) is 21.7 Å². The number of nitrogens with one attached hydrogen (secondary N) is 1. The van der Waals surface area contributed by atoms with Crippen LogP contribution in [0.5, 0.6) is 11.5 Å². The van der Waals surface area contributed by atoms with Gasteiger partial charge < -0.3 is 14.8 Å². The summed E-state index contributed by atoms with van der Waals surface area (Å²) < 4.78 is 12.1. The Morgan fingerprint density at radius 3 is 2.24 bits per heavy atom. The van der Waals surface area contributed by atoms with E-state index < -0.39 is 0 Å². The minimum atomic E-state index is -0.310. The van der Waals surface area contributed by atoms with Crippen molar-refractivity contribution in [1.29, 1.82) is 0 Å². The monoisotopic (exact) mass is 462 g/mol. The minimum Gasteiger partial charge on any atom is -0.497 e. The number of nitrogens with zero attached hydrogens (tertiary/aromatic N) is 5. The second kappa shape index (κ2) is 10.6. The third-order valence-corrected chi connectivity index (χ3v) is 5.67. The predicted octanol–water partition coefficient (Wildman–Crippen LogP) is 3.30. The van der Waals surface area contributed by atoms with E-state index >= 15 is 0 Å². The van der Waals surface area contributed by atoms with Gasteiger partial charge in [-0.05, 0) is 48.0 Å². The number of amides is 1. The van der Waals surface area contributed by atoms with E-state index in [0.29, 0.717) is 23.1 Å². The summed E-state index contributed by atoms with van der Waals surface area (Å²) in [6.45, 7) is 0.354. The van der Waals surface area contributed by atoms with Crippen molar-refractivity contribution >= 4 is 17.7 Å². The molecule has 0 saturated heterocycles. The highest BCUT2D eigenvalue weighted by Crippen LogP contribution is 2.24. The van der Waals surface area contributed by atoms with Crippen molar-refractivity contribution < 1.29 is 14.3 Å². The van der Waals surface area contributed by atoms with E-state index in [4.69, 9.17) is 9.47 Å². The number of carbonyl (C=O) groups is 1. The molecule has 168 valence electrons. The lowest BCUT2D eigenvalue weighted by molar-refractivity contribution is 0.0945. The molecule has 9 nitrogen and oxygen atoms in total. The van der Waals surface area contributed by atoms with Crippen molar-refractivity contribution in [1.82, 2.24) is 30.3 Å². The lowest BCUT2D eigenvalue weighted by Crippen LogP contribution is -2.24. The summed E-state index contributed by atoms with van der Waals surface area (Å²) in [7, 11) is 3.22. The molecule has 0 radical (unpaired) electrons. The van der Waals surface area contributed by atoms with Crippen LogP contribution >= 0.6 is 11.8 Å². The average Bonchev–Trinajstić information content (AvgIpc) is 3.31. The SMILES string of the molecule is COc1ccc(CNC(=O)c2nnn(-c3ccc(OC)cc3)c2CSc2ncccn2)cc1. The Morgan fingerprint density at radius 1 is 0.970 bits per heavy atom. The number of benzene rings is 2. The summed E-state index contributed by atoms with van der Waals surface area (Å²) in [6, 6.07) is 16.6. The van der Waals surface area contributed by atoms with Gasteiger partial charge in [0.25, 0.3) is 5.91 Å². The molecule has 33 heavy (non-hydrogen) atoms. The van der Waals surface area contributed by atoms with E-state index in [-0.39, 0.29) is 11.6 Å². The third kappa shape index (κ3) is 5.47. The van der Waals surface area contributed by atoms with E-state index in [9.17, 15) is 4.79 Å². The number of ether oxygens (including phenoxy) is 2. The van der Waals surface area contributed by atoms with Gasteiger partial charge >= 0.3 is 0 Å². The van der Waals surface area contributed by atoms with Crippen LogP contribution in [0, 0.1) is 0 Å². The maximum Gasteiger partial charge on any atom is 0.274 e. The van der Waals surface area contributed by atoms with Crippen LogP contribution in [0.25, 0.3) is 5.69 Å². The van der Waals surface area contributed by atoms with Crippen LogP contribution in [0.3, 0.4) is 0 Å². The van der Waals surface area contributed by atoms with Crippen molar-refractivity contribution in [3.63, 3.8) is 0 Å². The molecule has 4 rings (SSSR count). The van der Waals surface area contributed by atoms with Crippen LogP contribution < -0.4 is 14.8 Å². The highest BCUT2D eigenvalue weighted by molar-refractivity contribution is 7.98. The molecule has 2 heterocycles. The normalized spacial score (nSPS) is 10.6. The maximum atomic E-state index is 13.0. The molecular formula is C23H22N6O3S. The molecule has 0 unspecified atom stereocenters. The third-order valence-electron chi connectivity index (χ3n) is 4.79. The summed E-state index contributed by atoms with van der Waals surface area (Å²) in [5.74, 6) is 1.59. The van der Waals surface area contributed by atoms with Gasteiger partial charge in [-0.2, -0.15) is 0 Å². The first-order valence-electron chi connectivity index (χ1n) is 10.1. The zero-order valence-electron chi connectivity index (χ0n) is 18.1. The molecule has 1 amide bonds. The summed E-state index contributed by atoms with van der Waals surface area (Å²) in [4.78, 5) is 21.5. The quantitative estimate of drug-likeness (QED) is 0.298. The number of aromatic nitrogens is 5. The number of hydrogen-bond acceptors (Lipinski definition) is 8. The van der Waals surface area contributed by atoms with E-state index in [1.807, 2.05) is 48.5 Å². The van der Waals surface area contributed by atoms with Crippen LogP contribution in [-0.2, 0) is 12.3 Å². The Labute approximate surface area is 195 Å². The molecule has 0 aliphatic rings. The molecule has 0 saturated carbocycles. The van der Waals surface area contributed by atoms with Gasteiger partial charge in [-0.3, -0.25) is 4.79 Å². The molecule has 0 fully saturated rings. The van der Waals surface area contributed by atoms with Gasteiger partial charge in [0.05, 0.1) is 25.6 Å². The number of hydrogen-bond donors (Lipinski definition) is 1. The zero-order chi connectivity index (χ0) is 23.0. The molecule has 0 atom stereocenters. The van der Waals surface area contributed by atoms with Gasteiger partial charge in [0, 0.05) is 24.7 Å². The lowest BCUT2D eigenvalue weighted by atomic mass is 10.2. The Kier molecular flexibility index (Phi) is 7.16. The van der Waals surface area contributed by atoms with Crippen molar-refractivity contribution in [2.24, 2.45) is 0 Å². The maximum absolute atomic E-state index is 13.0. The Bertz CT molecular complexity index is 1200. The van der Waals surface area contributed by atoms with Crippen LogP contribution in [0.4, 0.5) is 0 Å². The molecule has 1 N–H and O–H groups in total. The van der Waals surface area contributed by atoms with Crippen LogP contribution in [0.15, 0.2) is 72.1 Å². The molecular weight excluding hydrogens is 440 g/mol. The van der Waals surface area contributed by atoms with Crippen molar-refractivity contribution in [3.05, 3.63) is 83.9 Å². The number of thioether (sulfide) groups is 1. The Morgan fingerprint density at radius 2 is 1.61 bits per heavy atom. The second-order valence-corrected chi connectivity index (χ2v) is 7.79. The summed E-state index contributed by atoms with van der Waals surface area (Å²) in [5, 5.41) is 11.9. The van der Waals surface area contributed by atoms with Crippen LogP contribution in [-0.4, -0.2) is 45.1 Å². The topological polar surface area (TPSA) is 104 Å².